The first-order valence-corrected chi connectivity index (χ1v) is 3.87. The van der Waals surface area contributed by atoms with Gasteiger partial charge in [0, 0.05) is 13.1 Å². The van der Waals surface area contributed by atoms with Crippen molar-refractivity contribution >= 4 is 0 Å². The van der Waals surface area contributed by atoms with Gasteiger partial charge < -0.3 is 0 Å². The van der Waals surface area contributed by atoms with Crippen molar-refractivity contribution in [1.29, 1.82) is 0 Å². The van der Waals surface area contributed by atoms with Crippen molar-refractivity contribution in [2.75, 3.05) is 19.6 Å². The Hall–Kier alpha value is -0.370. The van der Waals surface area contributed by atoms with Gasteiger partial charge in [-0.3, -0.25) is 17.1 Å². The second-order valence-electron chi connectivity index (χ2n) is 2.24. The van der Waals surface area contributed by atoms with Crippen LogP contribution in [0.2, 0.25) is 0 Å². The predicted octanol–water partition coefficient (Wildman–Crippen LogP) is 0.214. The SMILES string of the molecule is CCN(N)CC(F)(F)F.CCNN. The Balaban J connectivity index is 0. The fourth-order valence-electron chi connectivity index (χ4n) is 0.342. The summed E-state index contributed by atoms with van der Waals surface area (Å²) in [6.45, 7) is 3.52. The molecule has 0 spiro atoms. The van der Waals surface area contributed by atoms with Crippen LogP contribution >= 0.6 is 0 Å². The molecule has 82 valence electrons. The molecule has 0 bridgehead atoms. The third-order valence-corrected chi connectivity index (χ3v) is 0.993. The number of nitrogens with zero attached hydrogens (tertiary/aromatic N) is 1. The van der Waals surface area contributed by atoms with Crippen LogP contribution in [-0.2, 0) is 0 Å². The topological polar surface area (TPSA) is 67.3 Å². The molecule has 0 aliphatic rings. The second-order valence-corrected chi connectivity index (χ2v) is 2.24. The highest BCUT2D eigenvalue weighted by molar-refractivity contribution is 4.53. The summed E-state index contributed by atoms with van der Waals surface area (Å²) < 4.78 is 34.1. The lowest BCUT2D eigenvalue weighted by Crippen LogP contribution is -2.39. The van der Waals surface area contributed by atoms with Crippen molar-refractivity contribution < 1.29 is 13.2 Å². The van der Waals surface area contributed by atoms with E-state index in [1.807, 2.05) is 6.92 Å². The van der Waals surface area contributed by atoms with Crippen molar-refractivity contribution in [1.82, 2.24) is 10.4 Å². The third-order valence-electron chi connectivity index (χ3n) is 0.993. The van der Waals surface area contributed by atoms with Gasteiger partial charge in [-0.25, -0.2) is 5.01 Å². The zero-order valence-corrected chi connectivity index (χ0v) is 7.86. The fourth-order valence-corrected chi connectivity index (χ4v) is 0.342. The molecule has 0 atom stereocenters. The van der Waals surface area contributed by atoms with Crippen LogP contribution < -0.4 is 17.1 Å². The highest BCUT2D eigenvalue weighted by Crippen LogP contribution is 2.14. The highest BCUT2D eigenvalue weighted by Gasteiger charge is 2.28. The standard InChI is InChI=1S/C4H9F3N2.C2H8N2/c1-2-9(8)3-4(5,6)7;1-2-4-3/h2-3,8H2,1H3;4H,2-3H2,1H3. The van der Waals surface area contributed by atoms with Gasteiger partial charge in [0.2, 0.25) is 0 Å². The molecule has 0 amide bonds. The van der Waals surface area contributed by atoms with E-state index in [1.165, 1.54) is 0 Å². The summed E-state index contributed by atoms with van der Waals surface area (Å²) in [6, 6.07) is 0. The van der Waals surface area contributed by atoms with E-state index in [2.05, 4.69) is 5.43 Å². The second kappa shape index (κ2) is 8.24. The minimum absolute atomic E-state index is 0.208. The van der Waals surface area contributed by atoms with Crippen LogP contribution in [0.4, 0.5) is 13.2 Å². The summed E-state index contributed by atoms with van der Waals surface area (Å²) in [4.78, 5) is 0. The summed E-state index contributed by atoms with van der Waals surface area (Å²) in [6.07, 6.45) is -4.18. The van der Waals surface area contributed by atoms with Crippen LogP contribution in [0.5, 0.6) is 0 Å². The number of hydrogen-bond donors (Lipinski definition) is 3. The largest absolute Gasteiger partial charge is 0.402 e. The molecule has 0 heterocycles. The molecule has 0 radical (unpaired) electrons. The molecule has 13 heavy (non-hydrogen) atoms. The Morgan fingerprint density at radius 2 is 1.69 bits per heavy atom. The summed E-state index contributed by atoms with van der Waals surface area (Å²) in [7, 11) is 0. The van der Waals surface area contributed by atoms with E-state index in [9.17, 15) is 13.2 Å². The van der Waals surface area contributed by atoms with E-state index in [1.54, 1.807) is 6.92 Å². The number of nitrogens with one attached hydrogen (secondary N) is 1. The Kier molecular flexibility index (Phi) is 9.58. The summed E-state index contributed by atoms with van der Waals surface area (Å²) >= 11 is 0. The van der Waals surface area contributed by atoms with Crippen molar-refractivity contribution in [2.45, 2.75) is 20.0 Å². The molecule has 5 N–H and O–H groups in total. The van der Waals surface area contributed by atoms with Crippen LogP contribution in [0.1, 0.15) is 13.8 Å². The first-order chi connectivity index (χ1) is 5.87. The number of rotatable bonds is 3. The first-order valence-electron chi connectivity index (χ1n) is 3.87. The maximum atomic E-state index is 11.4. The average molecular weight is 202 g/mol. The zero-order valence-electron chi connectivity index (χ0n) is 7.86. The Morgan fingerprint density at radius 3 is 1.77 bits per heavy atom. The summed E-state index contributed by atoms with van der Waals surface area (Å²) in [5, 5.41) is 0.708. The molecular formula is C6H17F3N4. The molecule has 0 aromatic heterocycles. The van der Waals surface area contributed by atoms with Gasteiger partial charge >= 0.3 is 6.18 Å². The highest BCUT2D eigenvalue weighted by atomic mass is 19.4. The van der Waals surface area contributed by atoms with E-state index in [4.69, 9.17) is 11.7 Å². The van der Waals surface area contributed by atoms with Crippen LogP contribution in [0.15, 0.2) is 0 Å². The summed E-state index contributed by atoms with van der Waals surface area (Å²) in [5.74, 6) is 9.65. The lowest BCUT2D eigenvalue weighted by Gasteiger charge is -2.14. The van der Waals surface area contributed by atoms with E-state index in [0.29, 0.717) is 5.01 Å². The van der Waals surface area contributed by atoms with Crippen molar-refractivity contribution in [3.8, 4) is 0 Å². The smallest absolute Gasteiger partial charge is 0.271 e. The number of hydrogen-bond acceptors (Lipinski definition) is 4. The normalized spacial score (nSPS) is 11.1. The van der Waals surface area contributed by atoms with Gasteiger partial charge in [-0.2, -0.15) is 13.2 Å². The van der Waals surface area contributed by atoms with E-state index < -0.39 is 12.7 Å². The third kappa shape index (κ3) is 18.5. The summed E-state index contributed by atoms with van der Waals surface area (Å²) in [5.41, 5.74) is 2.43. The molecule has 0 saturated carbocycles. The van der Waals surface area contributed by atoms with Crippen LogP contribution in [0, 0.1) is 0 Å². The lowest BCUT2D eigenvalue weighted by atomic mass is 10.6. The molecule has 0 saturated heterocycles. The minimum Gasteiger partial charge on any atom is -0.271 e. The van der Waals surface area contributed by atoms with Crippen LogP contribution in [-0.4, -0.2) is 30.8 Å². The molecule has 0 aliphatic heterocycles. The fraction of sp³-hybridized carbons (Fsp3) is 1.00. The average Bonchev–Trinajstić information content (AvgIpc) is 2.02. The van der Waals surface area contributed by atoms with Gasteiger partial charge in [-0.15, -0.1) is 0 Å². The molecule has 4 nitrogen and oxygen atoms in total. The Labute approximate surface area is 76.0 Å². The number of halogens is 3. The predicted molar refractivity (Wildman–Crippen MR) is 45.4 cm³/mol. The zero-order chi connectivity index (χ0) is 10.9. The van der Waals surface area contributed by atoms with Gasteiger partial charge in [0.15, 0.2) is 0 Å². The Bertz CT molecular complexity index is 105. The van der Waals surface area contributed by atoms with Crippen molar-refractivity contribution in [2.24, 2.45) is 11.7 Å². The minimum atomic E-state index is -4.18. The van der Waals surface area contributed by atoms with E-state index in [0.717, 1.165) is 6.54 Å². The number of alkyl halides is 3. The van der Waals surface area contributed by atoms with Crippen LogP contribution in [0.3, 0.4) is 0 Å². The Morgan fingerprint density at radius 1 is 1.31 bits per heavy atom. The molecule has 0 aromatic rings. The first kappa shape index (κ1) is 15.1. The molecule has 0 unspecified atom stereocenters. The van der Waals surface area contributed by atoms with E-state index >= 15 is 0 Å². The van der Waals surface area contributed by atoms with Crippen molar-refractivity contribution in [3.63, 3.8) is 0 Å². The van der Waals surface area contributed by atoms with Gasteiger partial charge in [0.25, 0.3) is 0 Å². The maximum absolute atomic E-state index is 11.4. The van der Waals surface area contributed by atoms with Gasteiger partial charge in [-0.05, 0) is 0 Å². The van der Waals surface area contributed by atoms with Gasteiger partial charge in [-0.1, -0.05) is 13.8 Å². The molecule has 0 aromatic carbocycles. The number of nitrogens with two attached hydrogens (primary N) is 2. The van der Waals surface area contributed by atoms with Crippen LogP contribution in [0.25, 0.3) is 0 Å². The lowest BCUT2D eigenvalue weighted by molar-refractivity contribution is -0.145. The molecule has 0 fully saturated rings. The molecule has 7 heteroatoms. The van der Waals surface area contributed by atoms with Gasteiger partial charge in [0.05, 0.1) is 0 Å². The quantitative estimate of drug-likeness (QED) is 0.452. The molecular weight excluding hydrogens is 185 g/mol. The maximum Gasteiger partial charge on any atom is 0.402 e. The van der Waals surface area contributed by atoms with Crippen molar-refractivity contribution in [3.05, 3.63) is 0 Å². The van der Waals surface area contributed by atoms with Gasteiger partial charge in [0.1, 0.15) is 6.54 Å². The van der Waals surface area contributed by atoms with E-state index in [-0.39, 0.29) is 6.54 Å². The number of hydrazine groups is 2. The monoisotopic (exact) mass is 202 g/mol. The molecule has 0 rings (SSSR count). The molecule has 0 aliphatic carbocycles.